The van der Waals surface area contributed by atoms with Crippen LogP contribution in [0, 0.1) is 10.1 Å². The Kier molecular flexibility index (Phi) is 5.11. The minimum atomic E-state index is -0.963. The van der Waals surface area contributed by atoms with Crippen LogP contribution < -0.4 is 5.32 Å². The van der Waals surface area contributed by atoms with Crippen LogP contribution in [-0.2, 0) is 4.79 Å². The summed E-state index contributed by atoms with van der Waals surface area (Å²) in [5, 5.41) is 26.6. The van der Waals surface area contributed by atoms with Crippen molar-refractivity contribution >= 4 is 17.6 Å². The number of amides is 1. The third kappa shape index (κ3) is 4.59. The third-order valence-electron chi connectivity index (χ3n) is 3.52. The van der Waals surface area contributed by atoms with Crippen LogP contribution in [0.1, 0.15) is 37.0 Å². The van der Waals surface area contributed by atoms with Gasteiger partial charge in [0, 0.05) is 23.6 Å². The molecule has 0 bridgehead atoms. The number of carbonyl (C=O) groups excluding carboxylic acids is 1. The maximum Gasteiger partial charge on any atom is 0.303 e. The Morgan fingerprint density at radius 3 is 2.68 bits per heavy atom. The first-order valence-corrected chi connectivity index (χ1v) is 7.37. The lowest BCUT2D eigenvalue weighted by molar-refractivity contribution is -0.384. The van der Waals surface area contributed by atoms with Gasteiger partial charge in [-0.2, -0.15) is 5.10 Å². The zero-order valence-electron chi connectivity index (χ0n) is 13.7. The van der Waals surface area contributed by atoms with E-state index in [0.717, 1.165) is 6.07 Å². The molecule has 0 aliphatic heterocycles. The molecule has 132 valence electrons. The van der Waals surface area contributed by atoms with Crippen molar-refractivity contribution in [3.63, 3.8) is 0 Å². The average Bonchev–Trinajstić information content (AvgIpc) is 3.06. The maximum absolute atomic E-state index is 12.4. The molecule has 10 nitrogen and oxygen atoms in total. The van der Waals surface area contributed by atoms with Crippen LogP contribution in [0.2, 0.25) is 0 Å². The molecular formula is C15H17N5O5. The van der Waals surface area contributed by atoms with Crippen molar-refractivity contribution in [2.24, 2.45) is 0 Å². The molecule has 1 heterocycles. The SMILES string of the molecule is CC(C)(CCC(=O)O)NC(=O)c1ccc(-n2cncn2)c([N+](=O)[O-])c1. The first-order chi connectivity index (χ1) is 11.7. The molecule has 0 saturated heterocycles. The minimum absolute atomic E-state index is 0.0963. The number of carbonyl (C=O) groups is 2. The molecule has 0 aliphatic rings. The summed E-state index contributed by atoms with van der Waals surface area (Å²) >= 11 is 0. The molecule has 0 spiro atoms. The van der Waals surface area contributed by atoms with E-state index in [9.17, 15) is 19.7 Å². The molecule has 2 N–H and O–H groups in total. The van der Waals surface area contributed by atoms with Gasteiger partial charge in [0.15, 0.2) is 0 Å². The van der Waals surface area contributed by atoms with E-state index < -0.39 is 22.3 Å². The lowest BCUT2D eigenvalue weighted by Gasteiger charge is -2.25. The molecular weight excluding hydrogens is 330 g/mol. The highest BCUT2D eigenvalue weighted by Gasteiger charge is 2.24. The fraction of sp³-hybridized carbons (Fsp3) is 0.333. The van der Waals surface area contributed by atoms with E-state index in [4.69, 9.17) is 5.11 Å². The summed E-state index contributed by atoms with van der Waals surface area (Å²) in [6, 6.07) is 4.00. The number of carboxylic acids is 1. The van der Waals surface area contributed by atoms with Crippen molar-refractivity contribution in [1.82, 2.24) is 20.1 Å². The molecule has 1 aromatic heterocycles. The molecule has 0 saturated carbocycles. The van der Waals surface area contributed by atoms with Crippen molar-refractivity contribution < 1.29 is 19.6 Å². The number of aromatic nitrogens is 3. The van der Waals surface area contributed by atoms with E-state index in [0.29, 0.717) is 0 Å². The van der Waals surface area contributed by atoms with Gasteiger partial charge < -0.3 is 10.4 Å². The second-order valence-corrected chi connectivity index (χ2v) is 6.03. The van der Waals surface area contributed by atoms with Gasteiger partial charge in [0.05, 0.1) is 4.92 Å². The molecule has 2 rings (SSSR count). The highest BCUT2D eigenvalue weighted by Crippen LogP contribution is 2.24. The topological polar surface area (TPSA) is 140 Å². The van der Waals surface area contributed by atoms with Gasteiger partial charge in [-0.3, -0.25) is 19.7 Å². The molecule has 1 amide bonds. The summed E-state index contributed by atoms with van der Waals surface area (Å²) in [5.41, 5.74) is -0.779. The quantitative estimate of drug-likeness (QED) is 0.572. The zero-order chi connectivity index (χ0) is 18.6. The van der Waals surface area contributed by atoms with Gasteiger partial charge in [-0.25, -0.2) is 9.67 Å². The van der Waals surface area contributed by atoms with Crippen molar-refractivity contribution in [2.45, 2.75) is 32.2 Å². The van der Waals surface area contributed by atoms with Crippen molar-refractivity contribution in [3.8, 4) is 5.69 Å². The highest BCUT2D eigenvalue weighted by molar-refractivity contribution is 5.95. The smallest absolute Gasteiger partial charge is 0.303 e. The third-order valence-corrected chi connectivity index (χ3v) is 3.52. The standard InChI is InChI=1S/C15H17N5O5/c1-15(2,6-5-13(21)22)18-14(23)10-3-4-11(12(7-10)20(24)25)19-9-16-8-17-19/h3-4,7-9H,5-6H2,1-2H3,(H,18,23)(H,21,22). The number of nitro groups is 1. The van der Waals surface area contributed by atoms with Crippen LogP contribution in [0.3, 0.4) is 0 Å². The predicted octanol–water partition coefficient (Wildman–Crippen LogP) is 1.55. The van der Waals surface area contributed by atoms with Crippen LogP contribution in [0.15, 0.2) is 30.9 Å². The molecule has 0 aliphatic carbocycles. The van der Waals surface area contributed by atoms with Crippen LogP contribution in [-0.4, -0.2) is 42.2 Å². The van der Waals surface area contributed by atoms with E-state index in [2.05, 4.69) is 15.4 Å². The highest BCUT2D eigenvalue weighted by atomic mass is 16.6. The summed E-state index contributed by atoms with van der Waals surface area (Å²) in [6.45, 7) is 3.37. The van der Waals surface area contributed by atoms with Gasteiger partial charge in [0.25, 0.3) is 11.6 Å². The van der Waals surface area contributed by atoms with E-state index in [1.165, 1.54) is 29.5 Å². The average molecular weight is 347 g/mol. The molecule has 0 radical (unpaired) electrons. The lowest BCUT2D eigenvalue weighted by Crippen LogP contribution is -2.43. The van der Waals surface area contributed by atoms with Gasteiger partial charge in [-0.1, -0.05) is 0 Å². The molecule has 0 atom stereocenters. The number of rotatable bonds is 7. The summed E-state index contributed by atoms with van der Waals surface area (Å²) in [7, 11) is 0. The molecule has 0 fully saturated rings. The Labute approximate surface area is 142 Å². The second kappa shape index (κ2) is 7.07. The normalized spacial score (nSPS) is 11.1. The Hall–Kier alpha value is -3.30. The monoisotopic (exact) mass is 347 g/mol. The fourth-order valence-electron chi connectivity index (χ4n) is 2.20. The summed E-state index contributed by atoms with van der Waals surface area (Å²) in [4.78, 5) is 37.5. The Bertz CT molecular complexity index is 801. The first kappa shape index (κ1) is 18.0. The number of hydrogen-bond donors (Lipinski definition) is 2. The van der Waals surface area contributed by atoms with Crippen LogP contribution in [0.4, 0.5) is 5.69 Å². The van der Waals surface area contributed by atoms with Crippen molar-refractivity contribution in [1.29, 1.82) is 0 Å². The Morgan fingerprint density at radius 2 is 2.12 bits per heavy atom. The summed E-state index contributed by atoms with van der Waals surface area (Å²) in [6.07, 6.45) is 2.69. The Balaban J connectivity index is 2.25. The predicted molar refractivity (Wildman–Crippen MR) is 86.4 cm³/mol. The van der Waals surface area contributed by atoms with Gasteiger partial charge in [0.1, 0.15) is 18.3 Å². The number of carboxylic acid groups (broad SMARTS) is 1. The van der Waals surface area contributed by atoms with Gasteiger partial charge in [-0.05, 0) is 32.4 Å². The van der Waals surface area contributed by atoms with E-state index in [-0.39, 0.29) is 29.8 Å². The summed E-state index contributed by atoms with van der Waals surface area (Å²) in [5.74, 6) is -1.49. The fourth-order valence-corrected chi connectivity index (χ4v) is 2.20. The number of nitrogens with zero attached hydrogens (tertiary/aromatic N) is 4. The van der Waals surface area contributed by atoms with Gasteiger partial charge in [0.2, 0.25) is 0 Å². The zero-order valence-corrected chi connectivity index (χ0v) is 13.7. The molecule has 25 heavy (non-hydrogen) atoms. The molecule has 10 heteroatoms. The van der Waals surface area contributed by atoms with Crippen LogP contribution in [0.25, 0.3) is 5.69 Å². The number of benzene rings is 1. The number of nitro benzene ring substituents is 1. The summed E-state index contributed by atoms with van der Waals surface area (Å²) < 4.78 is 1.23. The van der Waals surface area contributed by atoms with Crippen LogP contribution >= 0.6 is 0 Å². The molecule has 0 unspecified atom stereocenters. The van der Waals surface area contributed by atoms with Gasteiger partial charge >= 0.3 is 5.97 Å². The van der Waals surface area contributed by atoms with E-state index in [1.54, 1.807) is 13.8 Å². The largest absolute Gasteiger partial charge is 0.481 e. The van der Waals surface area contributed by atoms with E-state index >= 15 is 0 Å². The lowest BCUT2D eigenvalue weighted by atomic mass is 9.97. The Morgan fingerprint density at radius 1 is 1.40 bits per heavy atom. The number of hydrogen-bond acceptors (Lipinski definition) is 6. The van der Waals surface area contributed by atoms with Crippen LogP contribution in [0.5, 0.6) is 0 Å². The van der Waals surface area contributed by atoms with Crippen molar-refractivity contribution in [2.75, 3.05) is 0 Å². The maximum atomic E-state index is 12.4. The minimum Gasteiger partial charge on any atom is -0.481 e. The number of nitrogens with one attached hydrogen (secondary N) is 1. The van der Waals surface area contributed by atoms with Crippen molar-refractivity contribution in [3.05, 3.63) is 46.5 Å². The van der Waals surface area contributed by atoms with Gasteiger partial charge in [-0.15, -0.1) is 0 Å². The number of aliphatic carboxylic acids is 1. The first-order valence-electron chi connectivity index (χ1n) is 7.37. The van der Waals surface area contributed by atoms with E-state index in [1.807, 2.05) is 0 Å². The molecule has 1 aromatic carbocycles. The second-order valence-electron chi connectivity index (χ2n) is 6.03. The molecule has 2 aromatic rings.